The molecule has 0 amide bonds. The lowest BCUT2D eigenvalue weighted by atomic mass is 10.2. The zero-order chi connectivity index (χ0) is 12.4. The van der Waals surface area contributed by atoms with Gasteiger partial charge in [-0.3, -0.25) is 10.1 Å². The van der Waals surface area contributed by atoms with Crippen molar-refractivity contribution >= 4 is 11.7 Å². The number of nitro benzene ring substituents is 1. The highest BCUT2D eigenvalue weighted by Crippen LogP contribution is 2.23. The Kier molecular flexibility index (Phi) is 2.57. The van der Waals surface area contributed by atoms with E-state index in [1.165, 1.54) is 18.2 Å². The van der Waals surface area contributed by atoms with E-state index in [4.69, 9.17) is 9.52 Å². The predicted molar refractivity (Wildman–Crippen MR) is 55.6 cm³/mol. The van der Waals surface area contributed by atoms with E-state index in [2.05, 4.69) is 4.98 Å². The molecule has 0 aliphatic carbocycles. The summed E-state index contributed by atoms with van der Waals surface area (Å²) in [5.74, 6) is -1.18. The Balaban J connectivity index is 2.42. The third kappa shape index (κ3) is 2.12. The maximum atomic E-state index is 10.6. The third-order valence-electron chi connectivity index (χ3n) is 2.03. The van der Waals surface area contributed by atoms with E-state index in [9.17, 15) is 14.9 Å². The molecule has 2 aromatic rings. The van der Waals surface area contributed by atoms with E-state index in [1.54, 1.807) is 6.07 Å². The Labute approximate surface area is 94.5 Å². The molecule has 1 N–H and O–H groups in total. The number of benzene rings is 1. The molecule has 0 saturated heterocycles. The number of non-ortho nitro benzene ring substituents is 1. The van der Waals surface area contributed by atoms with Crippen LogP contribution in [0.25, 0.3) is 11.5 Å². The minimum Gasteiger partial charge on any atom is -0.476 e. The largest absolute Gasteiger partial charge is 0.476 e. The zero-order valence-corrected chi connectivity index (χ0v) is 8.36. The molecule has 0 spiro atoms. The number of aromatic nitrogens is 1. The van der Waals surface area contributed by atoms with Gasteiger partial charge in [0.25, 0.3) is 5.69 Å². The molecular formula is C10H6N2O5. The molecule has 0 aliphatic rings. The first kappa shape index (κ1) is 10.8. The van der Waals surface area contributed by atoms with E-state index < -0.39 is 10.9 Å². The fourth-order valence-electron chi connectivity index (χ4n) is 1.26. The number of oxazole rings is 1. The maximum absolute atomic E-state index is 10.6. The van der Waals surface area contributed by atoms with Crippen molar-refractivity contribution in [1.29, 1.82) is 0 Å². The van der Waals surface area contributed by atoms with Crippen LogP contribution in [0.2, 0.25) is 0 Å². The molecule has 0 aliphatic heterocycles. The fourth-order valence-corrected chi connectivity index (χ4v) is 1.26. The van der Waals surface area contributed by atoms with E-state index in [0.29, 0.717) is 5.56 Å². The Morgan fingerprint density at radius 2 is 2.24 bits per heavy atom. The summed E-state index contributed by atoms with van der Waals surface area (Å²) < 4.78 is 4.93. The van der Waals surface area contributed by atoms with Gasteiger partial charge < -0.3 is 9.52 Å². The van der Waals surface area contributed by atoms with Gasteiger partial charge in [0.1, 0.15) is 6.26 Å². The molecule has 0 bridgehead atoms. The van der Waals surface area contributed by atoms with Crippen LogP contribution in [0.5, 0.6) is 0 Å². The monoisotopic (exact) mass is 234 g/mol. The molecule has 1 heterocycles. The number of nitro groups is 1. The number of aromatic carboxylic acids is 1. The van der Waals surface area contributed by atoms with Gasteiger partial charge in [-0.25, -0.2) is 9.78 Å². The van der Waals surface area contributed by atoms with Crippen molar-refractivity contribution in [3.05, 3.63) is 46.3 Å². The maximum Gasteiger partial charge on any atom is 0.357 e. The van der Waals surface area contributed by atoms with Crippen LogP contribution in [0.3, 0.4) is 0 Å². The normalized spacial score (nSPS) is 10.1. The number of nitrogens with zero attached hydrogens (tertiary/aromatic N) is 2. The number of carboxylic acid groups (broad SMARTS) is 1. The van der Waals surface area contributed by atoms with Gasteiger partial charge in [-0.15, -0.1) is 0 Å². The first-order valence-electron chi connectivity index (χ1n) is 4.51. The summed E-state index contributed by atoms with van der Waals surface area (Å²) in [6.07, 6.45) is 0.983. The molecule has 0 saturated carbocycles. The first-order chi connectivity index (χ1) is 8.08. The second kappa shape index (κ2) is 4.05. The van der Waals surface area contributed by atoms with Gasteiger partial charge in [-0.05, 0) is 6.07 Å². The van der Waals surface area contributed by atoms with Gasteiger partial charge in [0.05, 0.1) is 4.92 Å². The molecule has 0 fully saturated rings. The molecule has 1 aromatic heterocycles. The van der Waals surface area contributed by atoms with Crippen LogP contribution in [0.1, 0.15) is 10.5 Å². The second-order valence-electron chi connectivity index (χ2n) is 3.15. The van der Waals surface area contributed by atoms with Gasteiger partial charge in [0.2, 0.25) is 5.89 Å². The third-order valence-corrected chi connectivity index (χ3v) is 2.03. The quantitative estimate of drug-likeness (QED) is 0.642. The fraction of sp³-hybridized carbons (Fsp3) is 0. The predicted octanol–water partition coefficient (Wildman–Crippen LogP) is 1.95. The minimum absolute atomic E-state index is 0.0334. The van der Waals surface area contributed by atoms with Crippen LogP contribution in [-0.2, 0) is 0 Å². The van der Waals surface area contributed by atoms with Crippen molar-refractivity contribution in [3.8, 4) is 11.5 Å². The highest BCUT2D eigenvalue weighted by Gasteiger charge is 2.14. The van der Waals surface area contributed by atoms with Crippen LogP contribution < -0.4 is 0 Å². The van der Waals surface area contributed by atoms with Crippen molar-refractivity contribution in [2.24, 2.45) is 0 Å². The average Bonchev–Trinajstić information content (AvgIpc) is 2.78. The molecule has 86 valence electrons. The van der Waals surface area contributed by atoms with Crippen LogP contribution in [0.4, 0.5) is 5.69 Å². The lowest BCUT2D eigenvalue weighted by molar-refractivity contribution is -0.384. The van der Waals surface area contributed by atoms with Crippen LogP contribution in [-0.4, -0.2) is 21.0 Å². The number of carbonyl (C=O) groups is 1. The SMILES string of the molecule is O=C(O)c1coc(-c2cccc([N+](=O)[O-])c2)n1. The molecule has 0 radical (unpaired) electrons. The van der Waals surface area contributed by atoms with E-state index in [1.807, 2.05) is 0 Å². The van der Waals surface area contributed by atoms with Gasteiger partial charge in [0, 0.05) is 17.7 Å². The van der Waals surface area contributed by atoms with Crippen molar-refractivity contribution in [2.45, 2.75) is 0 Å². The van der Waals surface area contributed by atoms with Crippen molar-refractivity contribution in [1.82, 2.24) is 4.98 Å². The smallest absolute Gasteiger partial charge is 0.357 e. The number of hydrogen-bond donors (Lipinski definition) is 1. The van der Waals surface area contributed by atoms with Crippen LogP contribution in [0.15, 0.2) is 34.9 Å². The minimum atomic E-state index is -1.22. The number of hydrogen-bond acceptors (Lipinski definition) is 5. The van der Waals surface area contributed by atoms with Gasteiger partial charge >= 0.3 is 5.97 Å². The second-order valence-corrected chi connectivity index (χ2v) is 3.15. The van der Waals surface area contributed by atoms with E-state index in [-0.39, 0.29) is 17.3 Å². The molecule has 17 heavy (non-hydrogen) atoms. The highest BCUT2D eigenvalue weighted by atomic mass is 16.6. The van der Waals surface area contributed by atoms with E-state index in [0.717, 1.165) is 6.26 Å². The molecule has 2 rings (SSSR count). The zero-order valence-electron chi connectivity index (χ0n) is 8.36. The summed E-state index contributed by atoms with van der Waals surface area (Å²) >= 11 is 0. The molecule has 7 nitrogen and oxygen atoms in total. The molecule has 7 heteroatoms. The Morgan fingerprint density at radius 1 is 1.47 bits per heavy atom. The topological polar surface area (TPSA) is 106 Å². The lowest BCUT2D eigenvalue weighted by Crippen LogP contribution is -1.95. The summed E-state index contributed by atoms with van der Waals surface area (Å²) in [7, 11) is 0. The van der Waals surface area contributed by atoms with Crippen molar-refractivity contribution < 1.29 is 19.2 Å². The Hall–Kier alpha value is -2.70. The lowest BCUT2D eigenvalue weighted by Gasteiger charge is -1.94. The van der Waals surface area contributed by atoms with Crippen LogP contribution >= 0.6 is 0 Å². The van der Waals surface area contributed by atoms with Crippen molar-refractivity contribution in [2.75, 3.05) is 0 Å². The molecular weight excluding hydrogens is 228 g/mol. The molecule has 1 aromatic carbocycles. The number of rotatable bonds is 3. The average molecular weight is 234 g/mol. The molecule has 0 unspecified atom stereocenters. The highest BCUT2D eigenvalue weighted by molar-refractivity contribution is 5.85. The summed E-state index contributed by atoms with van der Waals surface area (Å²) in [6.45, 7) is 0. The molecule has 0 atom stereocenters. The summed E-state index contributed by atoms with van der Waals surface area (Å²) in [5, 5.41) is 19.2. The van der Waals surface area contributed by atoms with Gasteiger partial charge in [-0.1, -0.05) is 6.07 Å². The van der Waals surface area contributed by atoms with Crippen molar-refractivity contribution in [3.63, 3.8) is 0 Å². The summed E-state index contributed by atoms with van der Waals surface area (Å²) in [5.41, 5.74) is -0.00391. The van der Waals surface area contributed by atoms with Crippen LogP contribution in [0, 0.1) is 10.1 Å². The Morgan fingerprint density at radius 3 is 2.82 bits per heavy atom. The first-order valence-corrected chi connectivity index (χ1v) is 4.51. The van der Waals surface area contributed by atoms with Gasteiger partial charge in [-0.2, -0.15) is 0 Å². The van der Waals surface area contributed by atoms with Gasteiger partial charge in [0.15, 0.2) is 5.69 Å². The number of carboxylic acids is 1. The van der Waals surface area contributed by atoms with E-state index >= 15 is 0 Å². The standard InChI is InChI=1S/C10H6N2O5/c13-10(14)8-5-17-9(11-8)6-2-1-3-7(4-6)12(15)16/h1-5H,(H,13,14). The summed E-state index contributed by atoms with van der Waals surface area (Å²) in [4.78, 5) is 24.3. The summed E-state index contributed by atoms with van der Waals surface area (Å²) in [6, 6.07) is 5.60. The Bertz CT molecular complexity index is 590.